The minimum absolute atomic E-state index is 0.116. The molecule has 0 aromatic heterocycles. The normalized spacial score (nSPS) is 23.2. The summed E-state index contributed by atoms with van der Waals surface area (Å²) in [4.78, 5) is 4.59. The third kappa shape index (κ3) is 2.83. The zero-order valence-corrected chi connectivity index (χ0v) is 16.1. The first-order valence-electron chi connectivity index (χ1n) is 9.54. The monoisotopic (exact) mass is 355 g/mol. The Kier molecular flexibility index (Phi) is 4.29. The molecule has 0 saturated carbocycles. The molecule has 2 heteroatoms. The lowest BCUT2D eigenvalue weighted by atomic mass is 9.58. The van der Waals surface area contributed by atoms with Gasteiger partial charge in [0.2, 0.25) is 0 Å². The molecule has 1 heterocycles. The highest BCUT2D eigenvalue weighted by molar-refractivity contribution is 5.71. The molecule has 2 nitrogen and oxygen atoms in total. The van der Waals surface area contributed by atoms with Crippen molar-refractivity contribution in [2.45, 2.75) is 38.7 Å². The minimum Gasteiger partial charge on any atom is -0.383 e. The van der Waals surface area contributed by atoms with E-state index in [1.54, 1.807) is 0 Å². The summed E-state index contributed by atoms with van der Waals surface area (Å²) in [5.41, 5.74) is 9.26. The molecule has 3 aliphatic rings. The van der Waals surface area contributed by atoms with Crippen LogP contribution in [-0.2, 0) is 0 Å². The number of nitrogens with zero attached hydrogens (tertiary/aromatic N) is 1. The van der Waals surface area contributed by atoms with Crippen molar-refractivity contribution in [2.75, 3.05) is 0 Å². The summed E-state index contributed by atoms with van der Waals surface area (Å²) in [6.07, 6.45) is 14.6. The number of benzene rings is 1. The van der Waals surface area contributed by atoms with Gasteiger partial charge in [-0.15, -0.1) is 11.5 Å². The van der Waals surface area contributed by atoms with Crippen LogP contribution in [0.4, 0.5) is 5.69 Å². The second-order valence-corrected chi connectivity index (χ2v) is 8.42. The van der Waals surface area contributed by atoms with Crippen molar-refractivity contribution >= 4 is 11.9 Å². The highest BCUT2D eigenvalue weighted by Crippen LogP contribution is 2.53. The molecule has 3 atom stereocenters. The van der Waals surface area contributed by atoms with Gasteiger partial charge in [0, 0.05) is 29.2 Å². The third-order valence-electron chi connectivity index (χ3n) is 5.89. The molecule has 1 N–H and O–H groups in total. The maximum absolute atomic E-state index is 12.3. The highest BCUT2D eigenvalue weighted by atomic mass is 16.3. The SMILES string of the molecule is CC(C)(C)C(O)(C1=C=CC=C1)C(C1=C=CC=C1)[C@H]1CC=Nc2ccccc21. The number of rotatable bonds is 4. The Hall–Kier alpha value is -2.63. The fraction of sp³-hybridized carbons (Fsp3) is 0.320. The quantitative estimate of drug-likeness (QED) is 0.703. The Morgan fingerprint density at radius 1 is 1.07 bits per heavy atom. The van der Waals surface area contributed by atoms with Crippen LogP contribution in [-0.4, -0.2) is 16.9 Å². The average molecular weight is 355 g/mol. The van der Waals surface area contributed by atoms with Crippen molar-refractivity contribution < 1.29 is 5.11 Å². The molecule has 2 aliphatic carbocycles. The summed E-state index contributed by atoms with van der Waals surface area (Å²) < 4.78 is 0. The van der Waals surface area contributed by atoms with E-state index in [2.05, 4.69) is 61.5 Å². The van der Waals surface area contributed by atoms with Crippen LogP contribution >= 0.6 is 0 Å². The van der Waals surface area contributed by atoms with Crippen LogP contribution in [0, 0.1) is 11.3 Å². The number of allylic oxidation sites excluding steroid dienone is 3. The first-order chi connectivity index (χ1) is 12.9. The van der Waals surface area contributed by atoms with E-state index >= 15 is 0 Å². The van der Waals surface area contributed by atoms with Crippen molar-refractivity contribution in [3.63, 3.8) is 0 Å². The molecular weight excluding hydrogens is 330 g/mol. The largest absolute Gasteiger partial charge is 0.383 e. The first kappa shape index (κ1) is 17.8. The summed E-state index contributed by atoms with van der Waals surface area (Å²) in [7, 11) is 0. The van der Waals surface area contributed by atoms with Gasteiger partial charge in [0.1, 0.15) is 5.60 Å². The fourth-order valence-electron chi connectivity index (χ4n) is 4.50. The Morgan fingerprint density at radius 3 is 2.48 bits per heavy atom. The lowest BCUT2D eigenvalue weighted by Crippen LogP contribution is -2.53. The average Bonchev–Trinajstić information content (AvgIpc) is 3.35. The van der Waals surface area contributed by atoms with Gasteiger partial charge in [0.25, 0.3) is 0 Å². The van der Waals surface area contributed by atoms with Crippen molar-refractivity contribution in [3.05, 3.63) is 88.9 Å². The summed E-state index contributed by atoms with van der Waals surface area (Å²) in [5.74, 6) is -0.0380. The summed E-state index contributed by atoms with van der Waals surface area (Å²) >= 11 is 0. The van der Waals surface area contributed by atoms with Gasteiger partial charge in [-0.05, 0) is 41.7 Å². The van der Waals surface area contributed by atoms with E-state index in [0.717, 1.165) is 23.3 Å². The highest BCUT2D eigenvalue weighted by Gasteiger charge is 2.53. The molecule has 1 aromatic carbocycles. The van der Waals surface area contributed by atoms with Gasteiger partial charge in [-0.2, -0.15) is 0 Å². The molecule has 0 amide bonds. The molecule has 4 rings (SSSR count). The Bertz CT molecular complexity index is 985. The van der Waals surface area contributed by atoms with E-state index in [-0.39, 0.29) is 11.8 Å². The molecule has 0 bridgehead atoms. The second-order valence-electron chi connectivity index (χ2n) is 8.42. The molecule has 0 spiro atoms. The van der Waals surface area contributed by atoms with Crippen LogP contribution in [0.15, 0.2) is 88.3 Å². The van der Waals surface area contributed by atoms with E-state index in [9.17, 15) is 5.11 Å². The summed E-state index contributed by atoms with van der Waals surface area (Å²) in [6, 6.07) is 8.27. The van der Waals surface area contributed by atoms with Crippen LogP contribution in [0.1, 0.15) is 38.7 Å². The Morgan fingerprint density at radius 2 is 1.81 bits per heavy atom. The molecule has 136 valence electrons. The molecule has 1 aromatic rings. The Balaban J connectivity index is 1.94. The molecule has 1 aliphatic heterocycles. The van der Waals surface area contributed by atoms with E-state index in [1.807, 2.05) is 42.7 Å². The standard InChI is InChI=1S/C25H25NO/c1-24(2,3)25(27,19-12-6-7-13-19)23(18-10-4-5-11-18)21-16-17-26-22-15-9-8-14-20(21)22/h4-10,12,14-15,17,21,23,27H,16H2,1-3H3/t21-,23?,25?/m0/s1. The van der Waals surface area contributed by atoms with E-state index in [4.69, 9.17) is 0 Å². The van der Waals surface area contributed by atoms with Gasteiger partial charge in [-0.25, -0.2) is 0 Å². The fourth-order valence-corrected chi connectivity index (χ4v) is 4.50. The van der Waals surface area contributed by atoms with Crippen LogP contribution in [0.25, 0.3) is 0 Å². The van der Waals surface area contributed by atoms with Gasteiger partial charge in [0.05, 0.1) is 5.69 Å². The molecule has 2 unspecified atom stereocenters. The van der Waals surface area contributed by atoms with Crippen molar-refractivity contribution in [1.29, 1.82) is 0 Å². The third-order valence-corrected chi connectivity index (χ3v) is 5.89. The number of fused-ring (bicyclic) bond motifs is 1. The number of aliphatic imine (C=N–C) groups is 1. The maximum Gasteiger partial charge on any atom is 0.109 e. The zero-order valence-electron chi connectivity index (χ0n) is 16.1. The van der Waals surface area contributed by atoms with Crippen molar-refractivity contribution in [3.8, 4) is 0 Å². The number of hydrogen-bond acceptors (Lipinski definition) is 2. The van der Waals surface area contributed by atoms with Crippen LogP contribution in [0.3, 0.4) is 0 Å². The molecule has 27 heavy (non-hydrogen) atoms. The number of hydrogen-bond donors (Lipinski definition) is 1. The van der Waals surface area contributed by atoms with E-state index in [0.29, 0.717) is 0 Å². The van der Waals surface area contributed by atoms with Gasteiger partial charge in [0.15, 0.2) is 0 Å². The van der Waals surface area contributed by atoms with Crippen LogP contribution in [0.2, 0.25) is 0 Å². The maximum atomic E-state index is 12.3. The minimum atomic E-state index is -1.09. The van der Waals surface area contributed by atoms with Gasteiger partial charge in [-0.3, -0.25) is 4.99 Å². The summed E-state index contributed by atoms with van der Waals surface area (Å²) in [5, 5.41) is 12.3. The molecular formula is C25H25NO. The smallest absolute Gasteiger partial charge is 0.109 e. The van der Waals surface area contributed by atoms with Crippen LogP contribution < -0.4 is 0 Å². The predicted octanol–water partition coefficient (Wildman–Crippen LogP) is 5.57. The topological polar surface area (TPSA) is 32.6 Å². The van der Waals surface area contributed by atoms with Crippen molar-refractivity contribution in [1.82, 2.24) is 0 Å². The second kappa shape index (κ2) is 6.51. The van der Waals surface area contributed by atoms with Crippen molar-refractivity contribution in [2.24, 2.45) is 16.3 Å². The zero-order chi connectivity index (χ0) is 19.1. The molecule has 0 fully saturated rings. The molecule has 0 radical (unpaired) electrons. The van der Waals surface area contributed by atoms with Crippen LogP contribution in [0.5, 0.6) is 0 Å². The van der Waals surface area contributed by atoms with E-state index < -0.39 is 11.0 Å². The van der Waals surface area contributed by atoms with E-state index in [1.165, 1.54) is 5.56 Å². The number of para-hydroxylation sites is 1. The lowest BCUT2D eigenvalue weighted by Gasteiger charge is -2.49. The van der Waals surface area contributed by atoms with Gasteiger partial charge < -0.3 is 5.11 Å². The first-order valence-corrected chi connectivity index (χ1v) is 9.54. The van der Waals surface area contributed by atoms with Gasteiger partial charge in [-0.1, -0.05) is 57.2 Å². The predicted molar refractivity (Wildman–Crippen MR) is 111 cm³/mol. The number of aliphatic hydroxyl groups is 1. The lowest BCUT2D eigenvalue weighted by molar-refractivity contribution is -0.0647. The summed E-state index contributed by atoms with van der Waals surface area (Å²) in [6.45, 7) is 6.31. The Labute approximate surface area is 161 Å². The molecule has 0 saturated heterocycles. The van der Waals surface area contributed by atoms with Gasteiger partial charge >= 0.3 is 0 Å².